The van der Waals surface area contributed by atoms with Gasteiger partial charge in [0.25, 0.3) is 0 Å². The summed E-state index contributed by atoms with van der Waals surface area (Å²) in [6.07, 6.45) is 3.28. The summed E-state index contributed by atoms with van der Waals surface area (Å²) in [4.78, 5) is 3.62. The summed E-state index contributed by atoms with van der Waals surface area (Å²) in [6, 6.07) is 4.51. The fourth-order valence-electron chi connectivity index (χ4n) is 1.58. The van der Waals surface area contributed by atoms with Crippen molar-refractivity contribution in [1.82, 2.24) is 4.90 Å². The molecule has 2 N–H and O–H groups in total. The largest absolute Gasteiger partial charge is 0.329 e. The van der Waals surface area contributed by atoms with Gasteiger partial charge in [-0.3, -0.25) is 4.90 Å². The fraction of sp³-hybridized carbons (Fsp3) is 0.636. The topological polar surface area (TPSA) is 29.3 Å². The molecule has 92 valence electrons. The molecule has 1 unspecified atom stereocenters. The molecule has 1 rings (SSSR count). The van der Waals surface area contributed by atoms with Crippen LogP contribution in [0.5, 0.6) is 0 Å². The number of hydrogen-bond donors (Lipinski definition) is 1. The van der Waals surface area contributed by atoms with Gasteiger partial charge in [0.2, 0.25) is 0 Å². The zero-order valence-corrected chi connectivity index (χ0v) is 12.2. The molecule has 0 amide bonds. The minimum absolute atomic E-state index is 0.466. The van der Waals surface area contributed by atoms with Crippen molar-refractivity contribution in [2.45, 2.75) is 19.0 Å². The van der Waals surface area contributed by atoms with Gasteiger partial charge >= 0.3 is 0 Å². The van der Waals surface area contributed by atoms with Crippen LogP contribution in [0.2, 0.25) is 4.34 Å². The van der Waals surface area contributed by atoms with E-state index in [0.29, 0.717) is 6.04 Å². The number of hydrogen-bond acceptors (Lipinski definition) is 4. The summed E-state index contributed by atoms with van der Waals surface area (Å²) in [6.45, 7) is 1.66. The second-order valence-electron chi connectivity index (χ2n) is 3.79. The summed E-state index contributed by atoms with van der Waals surface area (Å²) in [7, 11) is 2.13. The van der Waals surface area contributed by atoms with Gasteiger partial charge in [-0.05, 0) is 37.6 Å². The first-order chi connectivity index (χ1) is 7.67. The van der Waals surface area contributed by atoms with Crippen LogP contribution in [0.1, 0.15) is 11.3 Å². The molecule has 2 nitrogen and oxygen atoms in total. The van der Waals surface area contributed by atoms with Crippen molar-refractivity contribution in [3.63, 3.8) is 0 Å². The molecule has 1 aromatic heterocycles. The molecule has 0 aliphatic heterocycles. The van der Waals surface area contributed by atoms with Crippen molar-refractivity contribution >= 4 is 34.7 Å². The van der Waals surface area contributed by atoms with Crippen LogP contribution in [0.3, 0.4) is 0 Å². The molecule has 0 saturated heterocycles. The Morgan fingerprint density at radius 1 is 1.56 bits per heavy atom. The number of rotatable bonds is 7. The first-order valence-corrected chi connectivity index (χ1v) is 7.89. The molecule has 16 heavy (non-hydrogen) atoms. The summed E-state index contributed by atoms with van der Waals surface area (Å²) in [5, 5.41) is 0. The Kier molecular flexibility index (Phi) is 6.77. The van der Waals surface area contributed by atoms with Crippen molar-refractivity contribution in [2.24, 2.45) is 5.73 Å². The van der Waals surface area contributed by atoms with Gasteiger partial charge in [-0.15, -0.1) is 11.3 Å². The summed E-state index contributed by atoms with van der Waals surface area (Å²) < 4.78 is 0.858. The van der Waals surface area contributed by atoms with Crippen LogP contribution in [-0.4, -0.2) is 36.5 Å². The highest BCUT2D eigenvalue weighted by Gasteiger charge is 2.13. The van der Waals surface area contributed by atoms with Gasteiger partial charge in [0.05, 0.1) is 4.34 Å². The number of thiophene rings is 1. The quantitative estimate of drug-likeness (QED) is 0.832. The van der Waals surface area contributed by atoms with E-state index >= 15 is 0 Å². The van der Waals surface area contributed by atoms with Gasteiger partial charge in [-0.1, -0.05) is 11.6 Å². The second-order valence-corrected chi connectivity index (χ2v) is 6.58. The second kappa shape index (κ2) is 7.56. The molecule has 0 aliphatic rings. The normalized spacial score (nSPS) is 13.3. The molecular weight excluding hydrogens is 260 g/mol. The summed E-state index contributed by atoms with van der Waals surface area (Å²) in [5.74, 6) is 1.16. The smallest absolute Gasteiger partial charge is 0.0931 e. The minimum Gasteiger partial charge on any atom is -0.329 e. The molecule has 1 atom stereocenters. The Labute approximate surface area is 111 Å². The van der Waals surface area contributed by atoms with Crippen LogP contribution in [0, 0.1) is 0 Å². The molecule has 0 aliphatic carbocycles. The third-order valence-electron chi connectivity index (χ3n) is 2.58. The lowest BCUT2D eigenvalue weighted by molar-refractivity contribution is 0.236. The molecule has 5 heteroatoms. The van der Waals surface area contributed by atoms with E-state index in [-0.39, 0.29) is 0 Å². The standard InChI is InChI=1S/C11H19ClN2S2/c1-14(9(7-13)5-6-15-2)8-10-3-4-11(12)16-10/h3-4,9H,5-8,13H2,1-2H3. The highest BCUT2D eigenvalue weighted by molar-refractivity contribution is 7.98. The maximum atomic E-state index is 5.91. The van der Waals surface area contributed by atoms with Gasteiger partial charge in [0.15, 0.2) is 0 Å². The molecule has 0 aromatic carbocycles. The maximum absolute atomic E-state index is 5.91. The van der Waals surface area contributed by atoms with Crippen LogP contribution < -0.4 is 5.73 Å². The van der Waals surface area contributed by atoms with E-state index in [4.69, 9.17) is 17.3 Å². The van der Waals surface area contributed by atoms with Gasteiger partial charge in [-0.25, -0.2) is 0 Å². The third kappa shape index (κ3) is 4.63. The zero-order valence-electron chi connectivity index (χ0n) is 9.78. The molecule has 0 fully saturated rings. The number of nitrogens with two attached hydrogens (primary N) is 1. The molecule has 0 radical (unpaired) electrons. The van der Waals surface area contributed by atoms with E-state index in [1.165, 1.54) is 4.88 Å². The van der Waals surface area contributed by atoms with Crippen molar-refractivity contribution in [2.75, 3.05) is 25.6 Å². The number of likely N-dealkylation sites (N-methyl/N-ethyl adjacent to an activating group) is 1. The lowest BCUT2D eigenvalue weighted by Gasteiger charge is -2.26. The Hall–Kier alpha value is 0.260. The lowest BCUT2D eigenvalue weighted by Crippen LogP contribution is -2.37. The van der Waals surface area contributed by atoms with Crippen LogP contribution in [0.25, 0.3) is 0 Å². The van der Waals surface area contributed by atoms with Gasteiger partial charge in [-0.2, -0.15) is 11.8 Å². The SMILES string of the molecule is CSCCC(CN)N(C)Cc1ccc(Cl)s1. The average Bonchev–Trinajstić information content (AvgIpc) is 2.65. The van der Waals surface area contributed by atoms with Crippen molar-refractivity contribution in [1.29, 1.82) is 0 Å². The molecule has 0 saturated carbocycles. The Morgan fingerprint density at radius 3 is 2.81 bits per heavy atom. The number of thioether (sulfide) groups is 1. The average molecular weight is 279 g/mol. The number of halogens is 1. The molecular formula is C11H19ClN2S2. The molecule has 0 spiro atoms. The minimum atomic E-state index is 0.466. The predicted octanol–water partition coefficient (Wildman–Crippen LogP) is 2.91. The lowest BCUT2D eigenvalue weighted by atomic mass is 10.2. The Bertz CT molecular complexity index is 304. The summed E-state index contributed by atoms with van der Waals surface area (Å²) in [5.41, 5.74) is 5.80. The van der Waals surface area contributed by atoms with E-state index < -0.39 is 0 Å². The van der Waals surface area contributed by atoms with Crippen LogP contribution in [-0.2, 0) is 6.54 Å². The van der Waals surface area contributed by atoms with Crippen molar-refractivity contribution in [3.8, 4) is 0 Å². The monoisotopic (exact) mass is 278 g/mol. The molecule has 1 aromatic rings. The molecule has 1 heterocycles. The Balaban J connectivity index is 2.45. The highest BCUT2D eigenvalue weighted by Crippen LogP contribution is 2.23. The van der Waals surface area contributed by atoms with Gasteiger partial charge < -0.3 is 5.73 Å². The predicted molar refractivity (Wildman–Crippen MR) is 76.6 cm³/mol. The van der Waals surface area contributed by atoms with E-state index in [0.717, 1.165) is 29.6 Å². The van der Waals surface area contributed by atoms with Crippen LogP contribution >= 0.6 is 34.7 Å². The van der Waals surface area contributed by atoms with E-state index in [9.17, 15) is 0 Å². The van der Waals surface area contributed by atoms with Gasteiger partial charge in [0, 0.05) is 24.0 Å². The maximum Gasteiger partial charge on any atom is 0.0931 e. The highest BCUT2D eigenvalue weighted by atomic mass is 35.5. The van der Waals surface area contributed by atoms with Crippen molar-refractivity contribution < 1.29 is 0 Å². The van der Waals surface area contributed by atoms with E-state index in [1.807, 2.05) is 17.8 Å². The van der Waals surface area contributed by atoms with E-state index in [2.05, 4.69) is 24.3 Å². The van der Waals surface area contributed by atoms with Crippen LogP contribution in [0.15, 0.2) is 12.1 Å². The van der Waals surface area contributed by atoms with Crippen molar-refractivity contribution in [3.05, 3.63) is 21.3 Å². The zero-order chi connectivity index (χ0) is 12.0. The Morgan fingerprint density at radius 2 is 2.31 bits per heavy atom. The first-order valence-electron chi connectivity index (χ1n) is 5.30. The summed E-state index contributed by atoms with van der Waals surface area (Å²) >= 11 is 9.43. The fourth-order valence-corrected chi connectivity index (χ4v) is 3.24. The third-order valence-corrected chi connectivity index (χ3v) is 4.44. The first kappa shape index (κ1) is 14.3. The molecule has 0 bridgehead atoms. The van der Waals surface area contributed by atoms with E-state index in [1.54, 1.807) is 11.3 Å². The van der Waals surface area contributed by atoms with Crippen LogP contribution in [0.4, 0.5) is 0 Å². The number of nitrogens with zero attached hydrogens (tertiary/aromatic N) is 1. The van der Waals surface area contributed by atoms with Gasteiger partial charge in [0.1, 0.15) is 0 Å².